The van der Waals surface area contributed by atoms with Gasteiger partial charge in [0.25, 0.3) is 0 Å². The summed E-state index contributed by atoms with van der Waals surface area (Å²) in [6.07, 6.45) is 9.19. The number of esters is 1. The van der Waals surface area contributed by atoms with Crippen LogP contribution in [0.15, 0.2) is 23.8 Å². The van der Waals surface area contributed by atoms with Crippen molar-refractivity contribution in [2.24, 2.45) is 0 Å². The van der Waals surface area contributed by atoms with Crippen LogP contribution in [0.5, 0.6) is 0 Å². The maximum atomic E-state index is 11.2. The predicted molar refractivity (Wildman–Crippen MR) is 60.6 cm³/mol. The van der Waals surface area contributed by atoms with Gasteiger partial charge in [0.1, 0.15) is 0 Å². The van der Waals surface area contributed by atoms with Gasteiger partial charge in [-0.1, -0.05) is 25.2 Å². The molecule has 0 spiro atoms. The zero-order chi connectivity index (χ0) is 11.1. The number of carbonyl (C=O) groups is 1. The molecule has 0 unspecified atom stereocenters. The Balaban J connectivity index is 2.30. The topological polar surface area (TPSA) is 38.3 Å². The number of methoxy groups -OCH3 is 1. The van der Waals surface area contributed by atoms with Crippen molar-refractivity contribution in [1.82, 2.24) is 5.32 Å². The van der Waals surface area contributed by atoms with Crippen LogP contribution in [0.2, 0.25) is 0 Å². The summed E-state index contributed by atoms with van der Waals surface area (Å²) in [5.74, 6) is -0.219. The van der Waals surface area contributed by atoms with E-state index in [0.717, 1.165) is 31.4 Å². The van der Waals surface area contributed by atoms with Gasteiger partial charge in [0.15, 0.2) is 0 Å². The summed E-state index contributed by atoms with van der Waals surface area (Å²) in [5, 5.41) is 3.38. The van der Waals surface area contributed by atoms with E-state index in [1.54, 1.807) is 0 Å². The van der Waals surface area contributed by atoms with Gasteiger partial charge in [-0.25, -0.2) is 4.79 Å². The molecule has 0 bridgehead atoms. The molecular weight excluding hydrogens is 190 g/mol. The minimum Gasteiger partial charge on any atom is -0.466 e. The lowest BCUT2D eigenvalue weighted by Crippen LogP contribution is -2.26. The van der Waals surface area contributed by atoms with Crippen LogP contribution in [0.25, 0.3) is 0 Å². The van der Waals surface area contributed by atoms with E-state index in [-0.39, 0.29) is 5.97 Å². The van der Waals surface area contributed by atoms with Crippen LogP contribution in [0.4, 0.5) is 0 Å². The Morgan fingerprint density at radius 1 is 1.53 bits per heavy atom. The highest BCUT2D eigenvalue weighted by Crippen LogP contribution is 2.09. The monoisotopic (exact) mass is 209 g/mol. The molecule has 1 aliphatic rings. The molecule has 0 atom stereocenters. The van der Waals surface area contributed by atoms with E-state index in [4.69, 9.17) is 0 Å². The molecule has 0 saturated carbocycles. The first-order valence-electron chi connectivity index (χ1n) is 5.43. The van der Waals surface area contributed by atoms with E-state index in [1.165, 1.54) is 7.11 Å². The van der Waals surface area contributed by atoms with Crippen molar-refractivity contribution in [1.29, 1.82) is 0 Å². The van der Waals surface area contributed by atoms with Crippen molar-refractivity contribution in [3.8, 4) is 0 Å². The fourth-order valence-corrected chi connectivity index (χ4v) is 1.64. The van der Waals surface area contributed by atoms with Gasteiger partial charge in [-0.2, -0.15) is 0 Å². The highest BCUT2D eigenvalue weighted by Gasteiger charge is 2.09. The molecule has 0 aliphatic heterocycles. The normalized spacial score (nSPS) is 17.1. The van der Waals surface area contributed by atoms with Gasteiger partial charge in [0.2, 0.25) is 0 Å². The third kappa shape index (κ3) is 3.88. The zero-order valence-electron chi connectivity index (χ0n) is 9.45. The van der Waals surface area contributed by atoms with Gasteiger partial charge in [0, 0.05) is 18.2 Å². The van der Waals surface area contributed by atoms with E-state index in [0.29, 0.717) is 6.04 Å². The van der Waals surface area contributed by atoms with Gasteiger partial charge in [-0.3, -0.25) is 0 Å². The van der Waals surface area contributed by atoms with Gasteiger partial charge in [-0.05, 0) is 19.3 Å². The molecule has 0 radical (unpaired) electrons. The van der Waals surface area contributed by atoms with E-state index in [9.17, 15) is 4.79 Å². The number of hydrogen-bond donors (Lipinski definition) is 1. The molecule has 15 heavy (non-hydrogen) atoms. The lowest BCUT2D eigenvalue weighted by atomic mass is 10.2. The number of carbonyl (C=O) groups excluding carboxylic acids is 1. The summed E-state index contributed by atoms with van der Waals surface area (Å²) in [6.45, 7) is 2.70. The first-order valence-corrected chi connectivity index (χ1v) is 5.43. The number of nitrogens with one attached hydrogen (secondary N) is 1. The molecule has 3 heteroatoms. The summed E-state index contributed by atoms with van der Waals surface area (Å²) in [6, 6.07) is 0.539. The largest absolute Gasteiger partial charge is 0.466 e. The maximum Gasteiger partial charge on any atom is 0.333 e. The van der Waals surface area contributed by atoms with E-state index < -0.39 is 0 Å². The second kappa shape index (κ2) is 6.40. The van der Waals surface area contributed by atoms with Crippen molar-refractivity contribution in [2.45, 2.75) is 32.2 Å². The van der Waals surface area contributed by atoms with Crippen LogP contribution in [0, 0.1) is 0 Å². The summed E-state index contributed by atoms with van der Waals surface area (Å²) >= 11 is 0. The molecule has 84 valence electrons. The molecule has 0 amide bonds. The highest BCUT2D eigenvalue weighted by atomic mass is 16.5. The van der Waals surface area contributed by atoms with Crippen LogP contribution >= 0.6 is 0 Å². The van der Waals surface area contributed by atoms with Crippen LogP contribution in [0.3, 0.4) is 0 Å². The van der Waals surface area contributed by atoms with Crippen molar-refractivity contribution < 1.29 is 9.53 Å². The molecule has 1 aliphatic carbocycles. The quantitative estimate of drug-likeness (QED) is 0.426. The minimum absolute atomic E-state index is 0.219. The summed E-state index contributed by atoms with van der Waals surface area (Å²) in [5.41, 5.74) is 0.746. The highest BCUT2D eigenvalue weighted by molar-refractivity contribution is 5.88. The van der Waals surface area contributed by atoms with Crippen LogP contribution in [0.1, 0.15) is 26.2 Å². The molecule has 0 aromatic carbocycles. The Morgan fingerprint density at radius 2 is 2.20 bits per heavy atom. The Bertz CT molecular complexity index is 261. The molecule has 0 fully saturated rings. The number of hydrogen-bond acceptors (Lipinski definition) is 3. The minimum atomic E-state index is -0.219. The third-order valence-electron chi connectivity index (χ3n) is 2.59. The van der Waals surface area contributed by atoms with Crippen molar-refractivity contribution in [3.63, 3.8) is 0 Å². The standard InChI is InChI=1S/C12H19NO2/c1-3-10(12(14)15-2)8-9-13-11-6-4-5-7-11/h4-5,8,11,13H,3,6-7,9H2,1-2H3/b10-8-. The van der Waals surface area contributed by atoms with Gasteiger partial charge in [0.05, 0.1) is 7.11 Å². The molecule has 1 N–H and O–H groups in total. The van der Waals surface area contributed by atoms with E-state index in [1.807, 2.05) is 13.0 Å². The molecule has 0 aromatic rings. The Morgan fingerprint density at radius 3 is 2.73 bits per heavy atom. The molecule has 0 saturated heterocycles. The molecule has 0 aromatic heterocycles. The van der Waals surface area contributed by atoms with Crippen LogP contribution in [-0.2, 0) is 9.53 Å². The molecule has 3 nitrogen and oxygen atoms in total. The van der Waals surface area contributed by atoms with Crippen LogP contribution < -0.4 is 5.32 Å². The molecule has 1 rings (SSSR count). The second-order valence-electron chi connectivity index (χ2n) is 3.62. The summed E-state index contributed by atoms with van der Waals surface area (Å²) in [7, 11) is 1.42. The molecule has 0 heterocycles. The van der Waals surface area contributed by atoms with Gasteiger partial charge >= 0.3 is 5.97 Å². The van der Waals surface area contributed by atoms with Gasteiger partial charge < -0.3 is 10.1 Å². The van der Waals surface area contributed by atoms with Crippen LogP contribution in [-0.4, -0.2) is 25.7 Å². The Hall–Kier alpha value is -1.09. The fourth-order valence-electron chi connectivity index (χ4n) is 1.64. The summed E-state index contributed by atoms with van der Waals surface area (Å²) < 4.78 is 4.68. The van der Waals surface area contributed by atoms with E-state index in [2.05, 4.69) is 22.2 Å². The van der Waals surface area contributed by atoms with Crippen molar-refractivity contribution in [3.05, 3.63) is 23.8 Å². The average molecular weight is 209 g/mol. The first-order chi connectivity index (χ1) is 7.27. The SMILES string of the molecule is CC/C(=C/CNC1CC=CC1)C(=O)OC. The number of rotatable bonds is 5. The van der Waals surface area contributed by atoms with Crippen molar-refractivity contribution in [2.75, 3.05) is 13.7 Å². The summed E-state index contributed by atoms with van der Waals surface area (Å²) in [4.78, 5) is 11.2. The predicted octanol–water partition coefficient (Wildman–Crippen LogP) is 1.80. The number of ether oxygens (including phenoxy) is 1. The molecular formula is C12H19NO2. The lowest BCUT2D eigenvalue weighted by Gasteiger charge is -2.10. The van der Waals surface area contributed by atoms with Gasteiger partial charge in [-0.15, -0.1) is 0 Å². The maximum absolute atomic E-state index is 11.2. The van der Waals surface area contributed by atoms with E-state index >= 15 is 0 Å². The fraction of sp³-hybridized carbons (Fsp3) is 0.583. The second-order valence-corrected chi connectivity index (χ2v) is 3.62. The Labute approximate surface area is 91.2 Å². The zero-order valence-corrected chi connectivity index (χ0v) is 9.45. The third-order valence-corrected chi connectivity index (χ3v) is 2.59. The first kappa shape index (κ1) is 12.0. The average Bonchev–Trinajstić information content (AvgIpc) is 2.76. The lowest BCUT2D eigenvalue weighted by molar-refractivity contribution is -0.136. The Kier molecular flexibility index (Phi) is 5.12. The smallest absolute Gasteiger partial charge is 0.333 e. The van der Waals surface area contributed by atoms with Crippen molar-refractivity contribution >= 4 is 5.97 Å².